The lowest BCUT2D eigenvalue weighted by molar-refractivity contribution is 0.0564. The second kappa shape index (κ2) is 7.80. The number of benzene rings is 1. The molecule has 5 nitrogen and oxygen atoms in total. The van der Waals surface area contributed by atoms with Crippen LogP contribution < -0.4 is 0 Å². The highest BCUT2D eigenvalue weighted by atomic mass is 32.2. The van der Waals surface area contributed by atoms with Crippen LogP contribution in [0.5, 0.6) is 0 Å². The Labute approximate surface area is 155 Å². The molecule has 2 aliphatic rings. The van der Waals surface area contributed by atoms with Gasteiger partial charge in [0.05, 0.1) is 25.0 Å². The van der Waals surface area contributed by atoms with Gasteiger partial charge in [-0.1, -0.05) is 43.2 Å². The lowest BCUT2D eigenvalue weighted by Crippen LogP contribution is -2.64. The molecule has 1 heterocycles. The van der Waals surface area contributed by atoms with Crippen molar-refractivity contribution in [2.75, 3.05) is 12.9 Å². The Hall–Kier alpha value is -1.86. The average molecular weight is 372 g/mol. The highest BCUT2D eigenvalue weighted by Gasteiger charge is 2.53. The van der Waals surface area contributed by atoms with Crippen molar-refractivity contribution in [2.45, 2.75) is 50.1 Å². The van der Waals surface area contributed by atoms with E-state index in [-0.39, 0.29) is 12.5 Å². The smallest absolute Gasteiger partial charge is 0.212 e. The van der Waals surface area contributed by atoms with Crippen LogP contribution in [-0.4, -0.2) is 42.8 Å². The molecule has 1 saturated carbocycles. The minimum absolute atomic E-state index is 0.306. The van der Waals surface area contributed by atoms with E-state index in [0.717, 1.165) is 21.7 Å². The maximum Gasteiger partial charge on any atom is 0.212 e. The summed E-state index contributed by atoms with van der Waals surface area (Å²) in [6.45, 7) is -0.306. The van der Waals surface area contributed by atoms with E-state index in [1.54, 1.807) is 0 Å². The molecule has 0 bridgehead atoms. The molecule has 1 aliphatic heterocycles. The lowest BCUT2D eigenvalue weighted by atomic mass is 9.78. The van der Waals surface area contributed by atoms with Gasteiger partial charge in [-0.05, 0) is 30.5 Å². The first kappa shape index (κ1) is 18.9. The van der Waals surface area contributed by atoms with Crippen LogP contribution in [0.1, 0.15) is 49.1 Å². The van der Waals surface area contributed by atoms with Gasteiger partial charge < -0.3 is 5.11 Å². The van der Waals surface area contributed by atoms with Crippen LogP contribution in [-0.2, 0) is 10.0 Å². The molecule has 1 aliphatic carbocycles. The molecule has 1 aromatic carbocycles. The summed E-state index contributed by atoms with van der Waals surface area (Å²) in [7, 11) is -3.53. The van der Waals surface area contributed by atoms with E-state index in [1.807, 2.05) is 24.3 Å². The predicted molar refractivity (Wildman–Crippen MR) is 99.6 cm³/mol. The topological polar surface area (TPSA) is 81.4 Å². The molecule has 26 heavy (non-hydrogen) atoms. The molecular formula is C20H24N2O3S. The van der Waals surface area contributed by atoms with Gasteiger partial charge in [0.2, 0.25) is 10.0 Å². The van der Waals surface area contributed by atoms with Crippen LogP contribution in [0.4, 0.5) is 0 Å². The molecule has 1 N–H and O–H groups in total. The van der Waals surface area contributed by atoms with Crippen LogP contribution in [0.3, 0.4) is 0 Å². The average Bonchev–Trinajstić information content (AvgIpc) is 2.60. The number of nitrogens with zero attached hydrogens (tertiary/aromatic N) is 2. The largest absolute Gasteiger partial charge is 0.395 e. The quantitative estimate of drug-likeness (QED) is 0.825. The fourth-order valence-electron chi connectivity index (χ4n) is 4.04. The summed E-state index contributed by atoms with van der Waals surface area (Å²) in [5.41, 5.74) is 1.78. The summed E-state index contributed by atoms with van der Waals surface area (Å²) in [6, 6.07) is 8.31. The molecule has 0 amide bonds. The summed E-state index contributed by atoms with van der Waals surface area (Å²) in [5.74, 6) is 6.75. The molecule has 2 fully saturated rings. The molecule has 6 heteroatoms. The van der Waals surface area contributed by atoms with Gasteiger partial charge in [-0.25, -0.2) is 8.42 Å². The number of aliphatic hydroxyl groups is 1. The van der Waals surface area contributed by atoms with Crippen molar-refractivity contribution in [2.24, 2.45) is 5.92 Å². The Bertz CT molecular complexity index is 840. The van der Waals surface area contributed by atoms with E-state index in [4.69, 9.17) is 0 Å². The molecule has 0 radical (unpaired) electrons. The van der Waals surface area contributed by atoms with Crippen molar-refractivity contribution in [3.63, 3.8) is 0 Å². The van der Waals surface area contributed by atoms with E-state index >= 15 is 0 Å². The lowest BCUT2D eigenvalue weighted by Gasteiger charge is -2.49. The minimum atomic E-state index is -3.53. The first-order valence-electron chi connectivity index (χ1n) is 9.06. The molecule has 0 unspecified atom stereocenters. The number of hydrogen-bond donors (Lipinski definition) is 1. The first-order valence-corrected chi connectivity index (χ1v) is 10.9. The monoisotopic (exact) mass is 372 g/mol. The van der Waals surface area contributed by atoms with Gasteiger partial charge in [0.25, 0.3) is 0 Å². The van der Waals surface area contributed by atoms with Crippen molar-refractivity contribution in [1.82, 2.24) is 4.31 Å². The first-order chi connectivity index (χ1) is 12.5. The van der Waals surface area contributed by atoms with Crippen molar-refractivity contribution in [3.8, 4) is 17.9 Å². The number of aliphatic hydroxyl groups excluding tert-OH is 1. The fraction of sp³-hybridized carbons (Fsp3) is 0.550. The zero-order valence-electron chi connectivity index (χ0n) is 14.9. The fourth-order valence-corrected chi connectivity index (χ4v) is 5.32. The summed E-state index contributed by atoms with van der Waals surface area (Å²) in [5, 5.41) is 19.0. The zero-order chi connectivity index (χ0) is 18.7. The summed E-state index contributed by atoms with van der Waals surface area (Å²) < 4.78 is 24.8. The second-order valence-electron chi connectivity index (χ2n) is 7.17. The summed E-state index contributed by atoms with van der Waals surface area (Å²) >= 11 is 0. The zero-order valence-corrected chi connectivity index (χ0v) is 15.7. The standard InChI is InChI=1S/C20H24N2O3S/c1-26(24,25)22-18(13-21)20(19(22)14-23)17-11-9-16(10-12-17)8-7-15-5-3-2-4-6-15/h9-12,15,18-20,23H,2-6,14H2,1H3/t18-,19+,20+/m0/s1. The Morgan fingerprint density at radius 3 is 2.38 bits per heavy atom. The molecule has 138 valence electrons. The van der Waals surface area contributed by atoms with Crippen molar-refractivity contribution in [1.29, 1.82) is 5.26 Å². The minimum Gasteiger partial charge on any atom is -0.395 e. The van der Waals surface area contributed by atoms with Crippen molar-refractivity contribution in [3.05, 3.63) is 35.4 Å². The van der Waals surface area contributed by atoms with E-state index in [1.165, 1.54) is 32.1 Å². The third kappa shape index (κ3) is 3.78. The van der Waals surface area contributed by atoms with Crippen LogP contribution >= 0.6 is 0 Å². The van der Waals surface area contributed by atoms with Gasteiger partial charge >= 0.3 is 0 Å². The number of nitriles is 1. The number of sulfonamides is 1. The Morgan fingerprint density at radius 1 is 1.19 bits per heavy atom. The van der Waals surface area contributed by atoms with Gasteiger partial charge in [0.1, 0.15) is 6.04 Å². The normalized spacial score (nSPS) is 27.0. The molecule has 1 aromatic rings. The maximum atomic E-state index is 11.9. The highest BCUT2D eigenvalue weighted by molar-refractivity contribution is 7.88. The molecular weight excluding hydrogens is 348 g/mol. The van der Waals surface area contributed by atoms with Gasteiger partial charge in [0, 0.05) is 17.4 Å². The summed E-state index contributed by atoms with van der Waals surface area (Å²) in [6.07, 6.45) is 7.25. The third-order valence-electron chi connectivity index (χ3n) is 5.38. The van der Waals surface area contributed by atoms with Crippen LogP contribution in [0.2, 0.25) is 0 Å². The summed E-state index contributed by atoms with van der Waals surface area (Å²) in [4.78, 5) is 0. The molecule has 1 saturated heterocycles. The van der Waals surface area contributed by atoms with E-state index in [2.05, 4.69) is 17.9 Å². The predicted octanol–water partition coefficient (Wildman–Crippen LogP) is 2.23. The third-order valence-corrected chi connectivity index (χ3v) is 6.64. The van der Waals surface area contributed by atoms with Crippen LogP contribution in [0.25, 0.3) is 0 Å². The SMILES string of the molecule is CS(=O)(=O)N1[C@H](CO)[C@H](c2ccc(C#CC3CCCCC3)cc2)[C@@H]1C#N. The van der Waals surface area contributed by atoms with Crippen LogP contribution in [0.15, 0.2) is 24.3 Å². The van der Waals surface area contributed by atoms with Crippen molar-refractivity contribution < 1.29 is 13.5 Å². The molecule has 3 atom stereocenters. The maximum absolute atomic E-state index is 11.9. The Balaban J connectivity index is 1.76. The van der Waals surface area contributed by atoms with Crippen LogP contribution in [0, 0.1) is 29.1 Å². The number of rotatable bonds is 3. The molecule has 0 aromatic heterocycles. The van der Waals surface area contributed by atoms with E-state index in [0.29, 0.717) is 5.92 Å². The van der Waals surface area contributed by atoms with Gasteiger partial charge in [-0.2, -0.15) is 9.57 Å². The van der Waals surface area contributed by atoms with E-state index < -0.39 is 22.1 Å². The Kier molecular flexibility index (Phi) is 5.67. The second-order valence-corrected chi connectivity index (χ2v) is 9.06. The highest BCUT2D eigenvalue weighted by Crippen LogP contribution is 2.41. The molecule has 3 rings (SSSR count). The molecule has 0 spiro atoms. The number of hydrogen-bond acceptors (Lipinski definition) is 4. The Morgan fingerprint density at radius 2 is 1.85 bits per heavy atom. The van der Waals surface area contributed by atoms with E-state index in [9.17, 15) is 18.8 Å². The van der Waals surface area contributed by atoms with Gasteiger partial charge in [-0.3, -0.25) is 0 Å². The van der Waals surface area contributed by atoms with Gasteiger partial charge in [-0.15, -0.1) is 0 Å². The van der Waals surface area contributed by atoms with Gasteiger partial charge in [0.15, 0.2) is 0 Å². The van der Waals surface area contributed by atoms with Crippen molar-refractivity contribution >= 4 is 10.0 Å².